The fourth-order valence-electron chi connectivity index (χ4n) is 3.82. The summed E-state index contributed by atoms with van der Waals surface area (Å²) in [4.78, 5) is 11.3. The van der Waals surface area contributed by atoms with E-state index < -0.39 is 0 Å². The highest BCUT2D eigenvalue weighted by Crippen LogP contribution is 2.36. The van der Waals surface area contributed by atoms with Gasteiger partial charge >= 0.3 is 5.97 Å². The van der Waals surface area contributed by atoms with Crippen molar-refractivity contribution in [2.24, 2.45) is 17.8 Å². The lowest BCUT2D eigenvalue weighted by Gasteiger charge is -2.38. The van der Waals surface area contributed by atoms with Crippen molar-refractivity contribution in [3.05, 3.63) is 23.8 Å². The number of nitrogens with two attached hydrogens (primary N) is 1. The van der Waals surface area contributed by atoms with Gasteiger partial charge in [-0.2, -0.15) is 0 Å². The third kappa shape index (κ3) is 4.89. The molecule has 0 amide bonds. The average Bonchev–Trinajstić information content (AvgIpc) is 2.54. The molecule has 1 aromatic rings. The van der Waals surface area contributed by atoms with E-state index in [0.717, 1.165) is 22.9 Å². The van der Waals surface area contributed by atoms with Gasteiger partial charge in [0.2, 0.25) is 0 Å². The van der Waals surface area contributed by atoms with E-state index in [0.29, 0.717) is 30.7 Å². The van der Waals surface area contributed by atoms with E-state index in [1.165, 1.54) is 26.4 Å². The molecule has 1 saturated carbocycles. The second kappa shape index (κ2) is 8.41. The number of nitrogen functional groups attached to an aromatic ring is 1. The van der Waals surface area contributed by atoms with Crippen molar-refractivity contribution in [3.8, 4) is 0 Å². The fraction of sp³-hybridized carbons (Fsp3) is 0.650. The van der Waals surface area contributed by atoms with Gasteiger partial charge in [-0.15, -0.1) is 0 Å². The zero-order valence-corrected chi connectivity index (χ0v) is 15.5. The van der Waals surface area contributed by atoms with Crippen LogP contribution in [0.2, 0.25) is 0 Å². The van der Waals surface area contributed by atoms with E-state index in [4.69, 9.17) is 5.73 Å². The Hall–Kier alpha value is -1.71. The minimum absolute atomic E-state index is 0.188. The van der Waals surface area contributed by atoms with E-state index in [2.05, 4.69) is 43.0 Å². The van der Waals surface area contributed by atoms with Gasteiger partial charge in [0, 0.05) is 12.5 Å². The molecule has 4 heteroatoms. The first-order valence-electron chi connectivity index (χ1n) is 9.12. The Labute approximate surface area is 146 Å². The fourth-order valence-corrected chi connectivity index (χ4v) is 3.82. The summed E-state index contributed by atoms with van der Waals surface area (Å²) in [5.41, 5.74) is 9.10. The minimum atomic E-state index is -0.188. The first-order chi connectivity index (χ1) is 11.4. The number of aryl methyl sites for hydroxylation is 1. The molecule has 0 heterocycles. The van der Waals surface area contributed by atoms with Crippen LogP contribution in [0.3, 0.4) is 0 Å². The topological polar surface area (TPSA) is 64.3 Å². The molecule has 1 aliphatic carbocycles. The lowest BCUT2D eigenvalue weighted by molar-refractivity contribution is -0.140. The van der Waals surface area contributed by atoms with Gasteiger partial charge in [-0.3, -0.25) is 4.79 Å². The van der Waals surface area contributed by atoms with Crippen molar-refractivity contribution in [3.63, 3.8) is 0 Å². The summed E-state index contributed by atoms with van der Waals surface area (Å²) in [5, 5.41) is 3.70. The predicted octanol–water partition coefficient (Wildman–Crippen LogP) is 4.25. The van der Waals surface area contributed by atoms with Crippen molar-refractivity contribution in [2.45, 2.75) is 58.9 Å². The number of hydrogen-bond donors (Lipinski definition) is 2. The molecule has 3 N–H and O–H groups in total. The molecular formula is C20H32N2O2. The van der Waals surface area contributed by atoms with Crippen molar-refractivity contribution in [2.75, 3.05) is 18.2 Å². The van der Waals surface area contributed by atoms with E-state index >= 15 is 0 Å². The van der Waals surface area contributed by atoms with Crippen LogP contribution in [0.15, 0.2) is 18.2 Å². The van der Waals surface area contributed by atoms with E-state index in [1.54, 1.807) is 0 Å². The molecule has 0 aromatic heterocycles. The Kier molecular flexibility index (Phi) is 6.52. The Balaban J connectivity index is 2.04. The summed E-state index contributed by atoms with van der Waals surface area (Å²) in [6.45, 7) is 6.97. The second-order valence-corrected chi connectivity index (χ2v) is 7.57. The highest BCUT2D eigenvalue weighted by atomic mass is 16.5. The van der Waals surface area contributed by atoms with Gasteiger partial charge in [0.25, 0.3) is 0 Å². The minimum Gasteiger partial charge on any atom is -0.469 e. The van der Waals surface area contributed by atoms with Gasteiger partial charge in [0.05, 0.1) is 18.5 Å². The van der Waals surface area contributed by atoms with Crippen LogP contribution in [0, 0.1) is 17.8 Å². The number of nitrogens with one attached hydrogen (secondary N) is 1. The largest absolute Gasteiger partial charge is 0.469 e. The highest BCUT2D eigenvalue weighted by Gasteiger charge is 2.30. The molecule has 1 aliphatic rings. The molecular weight excluding hydrogens is 300 g/mol. The summed E-state index contributed by atoms with van der Waals surface area (Å²) in [6, 6.07) is 6.57. The maximum atomic E-state index is 11.3. The molecule has 1 fully saturated rings. The lowest BCUT2D eigenvalue weighted by atomic mass is 9.74. The standard InChI is InChI=1S/C20H32N2O2/c1-13(2)16-8-5-14(3)11-19(16)22-18-9-6-15(12-17(18)21)7-10-20(23)24-4/h6,9,12-14,16,19,22H,5,7-8,10-11,21H2,1-4H3/t14-,16+,19?/m1/s1. The van der Waals surface area contributed by atoms with E-state index in [1.807, 2.05) is 6.07 Å². The number of hydrogen-bond acceptors (Lipinski definition) is 4. The molecule has 0 radical (unpaired) electrons. The molecule has 0 bridgehead atoms. The number of rotatable bonds is 6. The molecule has 1 aromatic carbocycles. The van der Waals surface area contributed by atoms with Crippen molar-refractivity contribution >= 4 is 17.3 Å². The third-order valence-corrected chi connectivity index (χ3v) is 5.32. The van der Waals surface area contributed by atoms with Crippen LogP contribution in [0.25, 0.3) is 0 Å². The summed E-state index contributed by atoms with van der Waals surface area (Å²) in [6.07, 6.45) is 4.85. The van der Waals surface area contributed by atoms with E-state index in [-0.39, 0.29) is 5.97 Å². The molecule has 134 valence electrons. The van der Waals surface area contributed by atoms with Crippen LogP contribution in [0.1, 0.15) is 52.0 Å². The molecule has 0 aliphatic heterocycles. The zero-order chi connectivity index (χ0) is 17.7. The quantitative estimate of drug-likeness (QED) is 0.604. The van der Waals surface area contributed by atoms with Crippen LogP contribution in [-0.2, 0) is 16.0 Å². The molecule has 1 unspecified atom stereocenters. The Morgan fingerprint density at radius 2 is 2.12 bits per heavy atom. The van der Waals surface area contributed by atoms with Gasteiger partial charge in [-0.25, -0.2) is 0 Å². The first kappa shape index (κ1) is 18.6. The number of benzene rings is 1. The van der Waals surface area contributed by atoms with Crippen molar-refractivity contribution in [1.29, 1.82) is 0 Å². The van der Waals surface area contributed by atoms with Crippen LogP contribution in [-0.4, -0.2) is 19.1 Å². The number of methoxy groups -OCH3 is 1. The smallest absolute Gasteiger partial charge is 0.305 e. The van der Waals surface area contributed by atoms with Crippen molar-refractivity contribution in [1.82, 2.24) is 0 Å². The normalized spacial score (nSPS) is 24.0. The average molecular weight is 332 g/mol. The SMILES string of the molecule is COC(=O)CCc1ccc(NC2C[C@H](C)CC[C@H]2C(C)C)c(N)c1. The third-order valence-electron chi connectivity index (χ3n) is 5.32. The molecule has 4 nitrogen and oxygen atoms in total. The van der Waals surface area contributed by atoms with Crippen LogP contribution in [0.4, 0.5) is 11.4 Å². The molecule has 2 rings (SSSR count). The molecule has 3 atom stereocenters. The Morgan fingerprint density at radius 1 is 1.38 bits per heavy atom. The molecule has 24 heavy (non-hydrogen) atoms. The zero-order valence-electron chi connectivity index (χ0n) is 15.5. The maximum absolute atomic E-state index is 11.3. The molecule has 0 saturated heterocycles. The number of carbonyl (C=O) groups excluding carboxylic acids is 1. The number of anilines is 2. The van der Waals surface area contributed by atoms with Gasteiger partial charge < -0.3 is 15.8 Å². The van der Waals surface area contributed by atoms with Crippen LogP contribution in [0.5, 0.6) is 0 Å². The van der Waals surface area contributed by atoms with Gasteiger partial charge in [0.15, 0.2) is 0 Å². The van der Waals surface area contributed by atoms with Crippen molar-refractivity contribution < 1.29 is 9.53 Å². The van der Waals surface area contributed by atoms with Gasteiger partial charge in [-0.05, 0) is 54.7 Å². The summed E-state index contributed by atoms with van der Waals surface area (Å²) in [5.74, 6) is 1.94. The Bertz CT molecular complexity index is 557. The monoisotopic (exact) mass is 332 g/mol. The summed E-state index contributed by atoms with van der Waals surface area (Å²) >= 11 is 0. The molecule has 0 spiro atoms. The summed E-state index contributed by atoms with van der Waals surface area (Å²) < 4.78 is 4.69. The number of carbonyl (C=O) groups is 1. The number of ether oxygens (including phenoxy) is 1. The summed E-state index contributed by atoms with van der Waals surface area (Å²) in [7, 11) is 1.42. The van der Waals surface area contributed by atoms with Gasteiger partial charge in [-0.1, -0.05) is 33.3 Å². The van der Waals surface area contributed by atoms with E-state index in [9.17, 15) is 4.79 Å². The number of esters is 1. The van der Waals surface area contributed by atoms with Crippen LogP contribution < -0.4 is 11.1 Å². The van der Waals surface area contributed by atoms with Gasteiger partial charge in [0.1, 0.15) is 0 Å². The van der Waals surface area contributed by atoms with Crippen LogP contribution >= 0.6 is 0 Å². The highest BCUT2D eigenvalue weighted by molar-refractivity contribution is 5.70. The maximum Gasteiger partial charge on any atom is 0.305 e. The first-order valence-corrected chi connectivity index (χ1v) is 9.12. The predicted molar refractivity (Wildman–Crippen MR) is 99.9 cm³/mol. The Morgan fingerprint density at radius 3 is 2.75 bits per heavy atom. The lowest BCUT2D eigenvalue weighted by Crippen LogP contribution is -2.38. The second-order valence-electron chi connectivity index (χ2n) is 7.57.